The van der Waals surface area contributed by atoms with E-state index in [2.05, 4.69) is 27.9 Å². The lowest BCUT2D eigenvalue weighted by Gasteiger charge is -2.16. The number of nitriles is 1. The molecule has 1 N–H and O–H groups in total. The monoisotopic (exact) mass is 606 g/mol. The highest BCUT2D eigenvalue weighted by Crippen LogP contribution is 2.37. The molecule has 3 aromatic rings. The van der Waals surface area contributed by atoms with Crippen LogP contribution in [0, 0.1) is 21.8 Å². The van der Waals surface area contributed by atoms with E-state index in [0.29, 0.717) is 33.8 Å². The van der Waals surface area contributed by atoms with Gasteiger partial charge in [-0.25, -0.2) is 0 Å². The number of carbonyl (C=O) groups excluding carboxylic acids is 1. The number of rotatable bonds is 8. The molecule has 0 atom stereocenters. The van der Waals surface area contributed by atoms with Gasteiger partial charge in [0.15, 0.2) is 11.5 Å². The summed E-state index contributed by atoms with van der Waals surface area (Å²) >= 11 is 2.07. The molecule has 9 heteroatoms. The van der Waals surface area contributed by atoms with E-state index in [9.17, 15) is 23.2 Å². The fraction of sp³-hybridized carbons (Fsp3) is 0.185. The van der Waals surface area contributed by atoms with E-state index in [1.165, 1.54) is 18.2 Å². The lowest BCUT2D eigenvalue weighted by atomic mass is 10.1. The number of anilines is 1. The molecule has 0 aromatic heterocycles. The number of nitrogens with zero attached hydrogens (tertiary/aromatic N) is 1. The van der Waals surface area contributed by atoms with Crippen molar-refractivity contribution in [3.8, 4) is 17.6 Å². The molecule has 3 rings (SSSR count). The molecule has 0 fully saturated rings. The van der Waals surface area contributed by atoms with E-state index in [0.717, 1.165) is 23.3 Å². The van der Waals surface area contributed by atoms with Crippen molar-refractivity contribution in [2.45, 2.75) is 26.6 Å². The highest BCUT2D eigenvalue weighted by Gasteiger charge is 2.33. The number of benzene rings is 3. The van der Waals surface area contributed by atoms with Crippen molar-refractivity contribution in [2.75, 3.05) is 11.9 Å². The lowest BCUT2D eigenvalue weighted by molar-refractivity contribution is -0.137. The lowest BCUT2D eigenvalue weighted by Crippen LogP contribution is -2.17. The van der Waals surface area contributed by atoms with Crippen molar-refractivity contribution in [1.29, 1.82) is 5.26 Å². The molecule has 0 heterocycles. The Balaban J connectivity index is 1.89. The third-order valence-corrected chi connectivity index (χ3v) is 5.92. The molecular weight excluding hydrogens is 584 g/mol. The van der Waals surface area contributed by atoms with E-state index in [1.807, 2.05) is 38.1 Å². The van der Waals surface area contributed by atoms with E-state index in [-0.39, 0.29) is 5.57 Å². The highest BCUT2D eigenvalue weighted by molar-refractivity contribution is 14.1. The Hall–Kier alpha value is -3.52. The van der Waals surface area contributed by atoms with Crippen LogP contribution in [0.15, 0.2) is 66.2 Å². The third-order valence-electron chi connectivity index (χ3n) is 5.12. The molecule has 36 heavy (non-hydrogen) atoms. The molecule has 0 aliphatic rings. The molecule has 0 saturated carbocycles. The molecule has 0 unspecified atom stereocenters. The van der Waals surface area contributed by atoms with Gasteiger partial charge in [-0.1, -0.05) is 36.4 Å². The SMILES string of the molecule is CCOc1cc(C=C(C#N)C(=O)Nc2ccccc2C(F)(F)F)cc(I)c1OCc1ccccc1C. The van der Waals surface area contributed by atoms with Crippen LogP contribution in [0.5, 0.6) is 11.5 Å². The van der Waals surface area contributed by atoms with Gasteiger partial charge in [0.25, 0.3) is 5.91 Å². The molecule has 5 nitrogen and oxygen atoms in total. The Labute approximate surface area is 220 Å². The van der Waals surface area contributed by atoms with Gasteiger partial charge in [-0.2, -0.15) is 18.4 Å². The summed E-state index contributed by atoms with van der Waals surface area (Å²) in [7, 11) is 0. The number of halogens is 4. The Kier molecular flexibility index (Phi) is 8.98. The van der Waals surface area contributed by atoms with Crippen LogP contribution in [0.3, 0.4) is 0 Å². The number of alkyl halides is 3. The normalized spacial score (nSPS) is 11.5. The summed E-state index contributed by atoms with van der Waals surface area (Å²) in [4.78, 5) is 12.7. The number of hydrogen-bond acceptors (Lipinski definition) is 4. The van der Waals surface area contributed by atoms with Crippen molar-refractivity contribution in [1.82, 2.24) is 0 Å². The topological polar surface area (TPSA) is 71.3 Å². The van der Waals surface area contributed by atoms with Gasteiger partial charge in [-0.3, -0.25) is 4.79 Å². The largest absolute Gasteiger partial charge is 0.490 e. The predicted molar refractivity (Wildman–Crippen MR) is 140 cm³/mol. The van der Waals surface area contributed by atoms with Crippen LogP contribution < -0.4 is 14.8 Å². The fourth-order valence-corrected chi connectivity index (χ4v) is 4.12. The second-order valence-corrected chi connectivity index (χ2v) is 8.81. The number of ether oxygens (including phenoxy) is 2. The minimum atomic E-state index is -4.66. The van der Waals surface area contributed by atoms with E-state index < -0.39 is 23.3 Å². The summed E-state index contributed by atoms with van der Waals surface area (Å²) < 4.78 is 52.2. The summed E-state index contributed by atoms with van der Waals surface area (Å²) in [6.07, 6.45) is -3.36. The predicted octanol–water partition coefficient (Wildman–Crippen LogP) is 7.14. The van der Waals surface area contributed by atoms with Crippen molar-refractivity contribution < 1.29 is 27.4 Å². The van der Waals surface area contributed by atoms with Gasteiger partial charge < -0.3 is 14.8 Å². The summed E-state index contributed by atoms with van der Waals surface area (Å²) in [6, 6.07) is 17.5. The maximum Gasteiger partial charge on any atom is 0.418 e. The first-order chi connectivity index (χ1) is 17.1. The second-order valence-electron chi connectivity index (χ2n) is 7.65. The average molecular weight is 606 g/mol. The first kappa shape index (κ1) is 27.1. The number of nitrogens with one attached hydrogen (secondary N) is 1. The van der Waals surface area contributed by atoms with Crippen LogP contribution in [0.2, 0.25) is 0 Å². The molecule has 1 amide bonds. The minimum absolute atomic E-state index is 0.322. The third kappa shape index (κ3) is 6.79. The second kappa shape index (κ2) is 11.9. The summed E-state index contributed by atoms with van der Waals surface area (Å²) in [5.41, 5.74) is 0.768. The maximum absolute atomic E-state index is 13.3. The van der Waals surface area contributed by atoms with Gasteiger partial charge in [0.2, 0.25) is 0 Å². The Morgan fingerprint density at radius 3 is 2.47 bits per heavy atom. The minimum Gasteiger partial charge on any atom is -0.490 e. The zero-order chi connectivity index (χ0) is 26.3. The zero-order valence-corrected chi connectivity index (χ0v) is 21.6. The van der Waals surface area contributed by atoms with Gasteiger partial charge in [0.05, 0.1) is 21.4 Å². The van der Waals surface area contributed by atoms with Gasteiger partial charge in [-0.05, 0) is 83.5 Å². The van der Waals surface area contributed by atoms with Crippen molar-refractivity contribution >= 4 is 40.3 Å². The molecule has 0 aliphatic heterocycles. The molecule has 0 radical (unpaired) electrons. The molecule has 0 aliphatic carbocycles. The van der Waals surface area contributed by atoms with Crippen LogP contribution >= 0.6 is 22.6 Å². The van der Waals surface area contributed by atoms with Crippen molar-refractivity contribution in [3.05, 3.63) is 92.1 Å². The van der Waals surface area contributed by atoms with Gasteiger partial charge in [0.1, 0.15) is 18.2 Å². The summed E-state index contributed by atoms with van der Waals surface area (Å²) in [5.74, 6) is -0.0219. The zero-order valence-electron chi connectivity index (χ0n) is 19.4. The standard InChI is InChI=1S/C27H22F3IN2O3/c1-3-35-24-14-18(13-22(31)25(24)36-16-19-9-5-4-8-17(19)2)12-20(15-32)26(34)33-23-11-7-6-10-21(23)27(28,29)30/h4-14H,3,16H2,1-2H3,(H,33,34). The van der Waals surface area contributed by atoms with Crippen LogP contribution in [-0.4, -0.2) is 12.5 Å². The van der Waals surface area contributed by atoms with Gasteiger partial charge in [-0.15, -0.1) is 0 Å². The molecule has 0 spiro atoms. The quantitative estimate of drug-likeness (QED) is 0.168. The maximum atomic E-state index is 13.3. The molecule has 186 valence electrons. The molecular formula is C27H22F3IN2O3. The fourth-order valence-electron chi connectivity index (χ4n) is 3.34. The van der Waals surface area contributed by atoms with Crippen molar-refractivity contribution in [2.24, 2.45) is 0 Å². The number of para-hydroxylation sites is 1. The van der Waals surface area contributed by atoms with Crippen LogP contribution in [0.25, 0.3) is 6.08 Å². The Morgan fingerprint density at radius 2 is 1.81 bits per heavy atom. The number of hydrogen-bond donors (Lipinski definition) is 1. The van der Waals surface area contributed by atoms with Gasteiger partial charge in [0, 0.05) is 0 Å². The summed E-state index contributed by atoms with van der Waals surface area (Å²) in [5, 5.41) is 11.7. The molecule has 3 aromatic carbocycles. The van der Waals surface area contributed by atoms with Crippen LogP contribution in [0.4, 0.5) is 18.9 Å². The number of aryl methyl sites for hydroxylation is 1. The van der Waals surface area contributed by atoms with E-state index in [1.54, 1.807) is 18.2 Å². The molecule has 0 saturated heterocycles. The number of amides is 1. The van der Waals surface area contributed by atoms with Gasteiger partial charge >= 0.3 is 6.18 Å². The van der Waals surface area contributed by atoms with E-state index >= 15 is 0 Å². The van der Waals surface area contributed by atoms with Crippen molar-refractivity contribution in [3.63, 3.8) is 0 Å². The Morgan fingerprint density at radius 1 is 1.11 bits per heavy atom. The smallest absolute Gasteiger partial charge is 0.418 e. The van der Waals surface area contributed by atoms with Crippen LogP contribution in [-0.2, 0) is 17.6 Å². The average Bonchev–Trinajstić information content (AvgIpc) is 2.83. The summed E-state index contributed by atoms with van der Waals surface area (Å²) in [6.45, 7) is 4.47. The first-order valence-electron chi connectivity index (χ1n) is 10.9. The number of carbonyl (C=O) groups is 1. The molecule has 0 bridgehead atoms. The first-order valence-corrected chi connectivity index (χ1v) is 11.9. The van der Waals surface area contributed by atoms with E-state index in [4.69, 9.17) is 9.47 Å². The van der Waals surface area contributed by atoms with Crippen LogP contribution in [0.1, 0.15) is 29.2 Å². The Bertz CT molecular complexity index is 1330. The highest BCUT2D eigenvalue weighted by atomic mass is 127.